The minimum atomic E-state index is -0.223. The van der Waals surface area contributed by atoms with Gasteiger partial charge in [0.15, 0.2) is 0 Å². The second kappa shape index (κ2) is 7.15. The Kier molecular flexibility index (Phi) is 4.95. The lowest BCUT2D eigenvalue weighted by atomic mass is 10.00. The van der Waals surface area contributed by atoms with Crippen LogP contribution in [0.15, 0.2) is 42.5 Å². The van der Waals surface area contributed by atoms with E-state index in [0.29, 0.717) is 11.3 Å². The molecule has 5 heteroatoms. The molecular weight excluding hydrogens is 315 g/mol. The van der Waals surface area contributed by atoms with E-state index in [2.05, 4.69) is 34.4 Å². The molecule has 0 aliphatic heterocycles. The Morgan fingerprint density at radius 1 is 0.960 bits per heavy atom. The Bertz CT molecular complexity index is 892. The third-order valence-electron chi connectivity index (χ3n) is 4.26. The fraction of sp³-hybridized carbons (Fsp3) is 0.300. The number of aromatic nitrogens is 2. The topological polar surface area (TPSA) is 49.8 Å². The van der Waals surface area contributed by atoms with Gasteiger partial charge < -0.3 is 10.6 Å². The van der Waals surface area contributed by atoms with E-state index in [0.717, 1.165) is 22.3 Å². The monoisotopic (exact) mass is 338 g/mol. The summed E-state index contributed by atoms with van der Waals surface area (Å²) in [6, 6.07) is 12.7. The van der Waals surface area contributed by atoms with Gasteiger partial charge in [-0.15, -0.1) is 0 Å². The van der Waals surface area contributed by atoms with Gasteiger partial charge in [0.25, 0.3) is 0 Å². The lowest BCUT2D eigenvalue weighted by Gasteiger charge is -2.16. The van der Waals surface area contributed by atoms with E-state index in [1.165, 1.54) is 6.07 Å². The number of anilines is 1. The molecule has 1 atom stereocenters. The maximum Gasteiger partial charge on any atom is 0.224 e. The Morgan fingerprint density at radius 3 is 2.36 bits per heavy atom. The summed E-state index contributed by atoms with van der Waals surface area (Å²) in [5.41, 5.74) is 2.64. The highest BCUT2D eigenvalue weighted by Crippen LogP contribution is 2.31. The number of benzene rings is 2. The van der Waals surface area contributed by atoms with Gasteiger partial charge in [0, 0.05) is 16.6 Å². The SMILES string of the molecule is CNC(C)Nc1nc(-c2ccc(F)c3ccccc23)cc(C(C)C)n1. The third-order valence-corrected chi connectivity index (χ3v) is 4.26. The van der Waals surface area contributed by atoms with E-state index >= 15 is 0 Å². The largest absolute Gasteiger partial charge is 0.339 e. The summed E-state index contributed by atoms with van der Waals surface area (Å²) in [4.78, 5) is 9.28. The Balaban J connectivity index is 2.18. The first kappa shape index (κ1) is 17.3. The van der Waals surface area contributed by atoms with Gasteiger partial charge in [-0.05, 0) is 43.5 Å². The first-order valence-electron chi connectivity index (χ1n) is 8.50. The van der Waals surface area contributed by atoms with Gasteiger partial charge in [0.1, 0.15) is 5.82 Å². The fourth-order valence-corrected chi connectivity index (χ4v) is 2.72. The number of nitrogens with zero attached hydrogens (tertiary/aromatic N) is 2. The van der Waals surface area contributed by atoms with E-state index in [-0.39, 0.29) is 17.9 Å². The molecule has 130 valence electrons. The zero-order chi connectivity index (χ0) is 18.0. The Morgan fingerprint density at radius 2 is 1.68 bits per heavy atom. The highest BCUT2D eigenvalue weighted by molar-refractivity contribution is 5.96. The molecule has 0 bridgehead atoms. The van der Waals surface area contributed by atoms with Crippen molar-refractivity contribution in [3.8, 4) is 11.3 Å². The Labute approximate surface area is 147 Å². The fourth-order valence-electron chi connectivity index (χ4n) is 2.72. The maximum atomic E-state index is 14.1. The molecule has 1 unspecified atom stereocenters. The van der Waals surface area contributed by atoms with Crippen molar-refractivity contribution in [1.29, 1.82) is 0 Å². The second-order valence-corrected chi connectivity index (χ2v) is 6.45. The minimum absolute atomic E-state index is 0.0419. The summed E-state index contributed by atoms with van der Waals surface area (Å²) < 4.78 is 14.1. The minimum Gasteiger partial charge on any atom is -0.339 e. The van der Waals surface area contributed by atoms with Crippen LogP contribution in [-0.2, 0) is 0 Å². The summed E-state index contributed by atoms with van der Waals surface area (Å²) in [6.07, 6.45) is 0.0419. The number of hydrogen-bond acceptors (Lipinski definition) is 4. The molecule has 3 aromatic rings. The average Bonchev–Trinajstić information content (AvgIpc) is 2.61. The third kappa shape index (κ3) is 3.61. The van der Waals surface area contributed by atoms with Crippen molar-refractivity contribution in [3.63, 3.8) is 0 Å². The van der Waals surface area contributed by atoms with Gasteiger partial charge in [-0.3, -0.25) is 0 Å². The normalized spacial score (nSPS) is 12.6. The van der Waals surface area contributed by atoms with Crippen molar-refractivity contribution >= 4 is 16.7 Å². The highest BCUT2D eigenvalue weighted by atomic mass is 19.1. The van der Waals surface area contributed by atoms with Gasteiger partial charge >= 0.3 is 0 Å². The van der Waals surface area contributed by atoms with E-state index < -0.39 is 0 Å². The molecule has 0 amide bonds. The van der Waals surface area contributed by atoms with Crippen LogP contribution in [0, 0.1) is 5.82 Å². The van der Waals surface area contributed by atoms with Crippen molar-refractivity contribution in [3.05, 3.63) is 54.0 Å². The zero-order valence-electron chi connectivity index (χ0n) is 15.0. The molecule has 0 saturated heterocycles. The number of hydrogen-bond donors (Lipinski definition) is 2. The van der Waals surface area contributed by atoms with Crippen molar-refractivity contribution in [2.75, 3.05) is 12.4 Å². The lowest BCUT2D eigenvalue weighted by Crippen LogP contribution is -2.30. The van der Waals surface area contributed by atoms with Crippen LogP contribution in [0.3, 0.4) is 0 Å². The summed E-state index contributed by atoms with van der Waals surface area (Å²) in [5, 5.41) is 7.82. The smallest absolute Gasteiger partial charge is 0.224 e. The first-order valence-corrected chi connectivity index (χ1v) is 8.50. The van der Waals surface area contributed by atoms with Crippen LogP contribution in [-0.4, -0.2) is 23.2 Å². The van der Waals surface area contributed by atoms with Gasteiger partial charge in [-0.1, -0.05) is 38.1 Å². The second-order valence-electron chi connectivity index (χ2n) is 6.45. The van der Waals surface area contributed by atoms with E-state index in [1.54, 1.807) is 12.1 Å². The molecule has 0 aliphatic rings. The molecule has 3 rings (SSSR count). The standard InChI is InChI=1S/C20H23FN4/c1-12(2)18-11-19(25-20(24-18)23-13(3)22-4)16-9-10-17(21)15-8-6-5-7-14(15)16/h5-13,22H,1-4H3,(H,23,24,25). The number of rotatable bonds is 5. The van der Waals surface area contributed by atoms with E-state index in [4.69, 9.17) is 0 Å². The molecule has 2 aromatic carbocycles. The molecule has 4 nitrogen and oxygen atoms in total. The summed E-state index contributed by atoms with van der Waals surface area (Å²) >= 11 is 0. The van der Waals surface area contributed by atoms with Crippen LogP contribution in [0.1, 0.15) is 32.4 Å². The number of fused-ring (bicyclic) bond motifs is 1. The van der Waals surface area contributed by atoms with Crippen LogP contribution >= 0.6 is 0 Å². The van der Waals surface area contributed by atoms with Crippen molar-refractivity contribution < 1.29 is 4.39 Å². The van der Waals surface area contributed by atoms with Crippen LogP contribution in [0.4, 0.5) is 10.3 Å². The molecule has 1 aromatic heterocycles. The van der Waals surface area contributed by atoms with Crippen molar-refractivity contribution in [1.82, 2.24) is 15.3 Å². The van der Waals surface area contributed by atoms with Gasteiger partial charge in [-0.25, -0.2) is 14.4 Å². The van der Waals surface area contributed by atoms with E-state index in [1.807, 2.05) is 38.2 Å². The lowest BCUT2D eigenvalue weighted by molar-refractivity contribution is 0.640. The predicted molar refractivity (Wildman–Crippen MR) is 101 cm³/mol. The molecule has 0 spiro atoms. The summed E-state index contributed by atoms with van der Waals surface area (Å²) in [5.74, 6) is 0.606. The molecular formula is C20H23FN4. The molecule has 0 saturated carbocycles. The predicted octanol–water partition coefficient (Wildman–Crippen LogP) is 4.54. The average molecular weight is 338 g/mol. The molecule has 1 heterocycles. The van der Waals surface area contributed by atoms with Gasteiger partial charge in [0.2, 0.25) is 5.95 Å². The summed E-state index contributed by atoms with van der Waals surface area (Å²) in [7, 11) is 1.87. The maximum absolute atomic E-state index is 14.1. The molecule has 0 aliphatic carbocycles. The first-order chi connectivity index (χ1) is 12.0. The molecule has 0 fully saturated rings. The zero-order valence-corrected chi connectivity index (χ0v) is 15.0. The van der Waals surface area contributed by atoms with Crippen molar-refractivity contribution in [2.24, 2.45) is 0 Å². The Hall–Kier alpha value is -2.53. The van der Waals surface area contributed by atoms with Gasteiger partial charge in [0.05, 0.1) is 11.9 Å². The van der Waals surface area contributed by atoms with Crippen molar-refractivity contribution in [2.45, 2.75) is 32.9 Å². The highest BCUT2D eigenvalue weighted by Gasteiger charge is 2.14. The molecule has 25 heavy (non-hydrogen) atoms. The van der Waals surface area contributed by atoms with Crippen LogP contribution in [0.25, 0.3) is 22.0 Å². The summed E-state index contributed by atoms with van der Waals surface area (Å²) in [6.45, 7) is 6.19. The number of halogens is 1. The van der Waals surface area contributed by atoms with E-state index in [9.17, 15) is 4.39 Å². The molecule has 2 N–H and O–H groups in total. The van der Waals surface area contributed by atoms with Crippen LogP contribution in [0.2, 0.25) is 0 Å². The molecule has 0 radical (unpaired) electrons. The van der Waals surface area contributed by atoms with Gasteiger partial charge in [-0.2, -0.15) is 0 Å². The number of nitrogens with one attached hydrogen (secondary N) is 2. The quantitative estimate of drug-likeness (QED) is 0.671. The van der Waals surface area contributed by atoms with Crippen LogP contribution < -0.4 is 10.6 Å². The van der Waals surface area contributed by atoms with Crippen LogP contribution in [0.5, 0.6) is 0 Å².